The van der Waals surface area contributed by atoms with E-state index in [2.05, 4.69) is 5.32 Å². The zero-order valence-corrected chi connectivity index (χ0v) is 12.5. The maximum Gasteiger partial charge on any atom is 0.238 e. The molecule has 0 aliphatic carbocycles. The van der Waals surface area contributed by atoms with Crippen LogP contribution in [0.5, 0.6) is 0 Å². The Balaban J connectivity index is 1.75. The SMILES string of the molecule is CN(CC(=O)Nc1cccc(Cl)c1)CC1CCCCO1. The molecule has 4 nitrogen and oxygen atoms in total. The number of nitrogens with zero attached hydrogens (tertiary/aromatic N) is 1. The van der Waals surface area contributed by atoms with Crippen molar-refractivity contribution in [3.63, 3.8) is 0 Å². The lowest BCUT2D eigenvalue weighted by Gasteiger charge is -2.27. The van der Waals surface area contributed by atoms with Gasteiger partial charge in [-0.05, 0) is 44.5 Å². The highest BCUT2D eigenvalue weighted by atomic mass is 35.5. The van der Waals surface area contributed by atoms with E-state index in [0.29, 0.717) is 11.6 Å². The molecule has 1 atom stereocenters. The van der Waals surface area contributed by atoms with E-state index in [-0.39, 0.29) is 12.0 Å². The highest BCUT2D eigenvalue weighted by molar-refractivity contribution is 6.30. The Morgan fingerprint density at radius 2 is 2.35 bits per heavy atom. The van der Waals surface area contributed by atoms with Crippen LogP contribution in [0.15, 0.2) is 24.3 Å². The summed E-state index contributed by atoms with van der Waals surface area (Å²) in [5.74, 6) is -0.0365. The number of carbonyl (C=O) groups excluding carboxylic acids is 1. The molecule has 1 fully saturated rings. The summed E-state index contributed by atoms with van der Waals surface area (Å²) in [4.78, 5) is 13.9. The van der Waals surface area contributed by atoms with Gasteiger partial charge in [0.2, 0.25) is 5.91 Å². The summed E-state index contributed by atoms with van der Waals surface area (Å²) in [5.41, 5.74) is 0.727. The summed E-state index contributed by atoms with van der Waals surface area (Å²) in [6.45, 7) is 1.99. The first-order chi connectivity index (χ1) is 9.63. The summed E-state index contributed by atoms with van der Waals surface area (Å²) in [6.07, 6.45) is 3.70. The van der Waals surface area contributed by atoms with E-state index in [9.17, 15) is 4.79 Å². The average Bonchev–Trinajstić information content (AvgIpc) is 2.39. The molecule has 0 saturated carbocycles. The van der Waals surface area contributed by atoms with Gasteiger partial charge in [0.05, 0.1) is 12.6 Å². The second-order valence-electron chi connectivity index (χ2n) is 5.24. The van der Waals surface area contributed by atoms with Crippen molar-refractivity contribution in [2.45, 2.75) is 25.4 Å². The summed E-state index contributed by atoms with van der Waals surface area (Å²) < 4.78 is 5.67. The van der Waals surface area contributed by atoms with E-state index in [0.717, 1.165) is 31.7 Å². The van der Waals surface area contributed by atoms with Crippen LogP contribution in [-0.4, -0.2) is 43.7 Å². The highest BCUT2D eigenvalue weighted by Gasteiger charge is 2.17. The second-order valence-corrected chi connectivity index (χ2v) is 5.68. The molecule has 1 aliphatic rings. The molecule has 1 aliphatic heterocycles. The van der Waals surface area contributed by atoms with Crippen molar-refractivity contribution in [3.8, 4) is 0 Å². The Morgan fingerprint density at radius 1 is 1.50 bits per heavy atom. The van der Waals surface area contributed by atoms with Gasteiger partial charge in [-0.1, -0.05) is 17.7 Å². The molecule has 5 heteroatoms. The molecule has 1 amide bonds. The van der Waals surface area contributed by atoms with Gasteiger partial charge in [0.25, 0.3) is 0 Å². The average molecular weight is 297 g/mol. The lowest BCUT2D eigenvalue weighted by molar-refractivity contribution is -0.117. The van der Waals surface area contributed by atoms with Gasteiger partial charge in [-0.2, -0.15) is 0 Å². The Kier molecular flexibility index (Phi) is 5.83. The van der Waals surface area contributed by atoms with Crippen LogP contribution in [0.2, 0.25) is 5.02 Å². The Hall–Kier alpha value is -1.10. The van der Waals surface area contributed by atoms with Crippen molar-refractivity contribution in [2.75, 3.05) is 32.1 Å². The fraction of sp³-hybridized carbons (Fsp3) is 0.533. The molecule has 110 valence electrons. The van der Waals surface area contributed by atoms with E-state index in [1.807, 2.05) is 24.1 Å². The van der Waals surface area contributed by atoms with Crippen LogP contribution in [0.1, 0.15) is 19.3 Å². The van der Waals surface area contributed by atoms with Gasteiger partial charge in [0, 0.05) is 23.9 Å². The molecule has 0 spiro atoms. The predicted molar refractivity (Wildman–Crippen MR) is 81.2 cm³/mol. The van der Waals surface area contributed by atoms with Gasteiger partial charge >= 0.3 is 0 Å². The molecule has 0 aromatic heterocycles. The van der Waals surface area contributed by atoms with Crippen LogP contribution in [0.4, 0.5) is 5.69 Å². The van der Waals surface area contributed by atoms with Crippen molar-refractivity contribution in [2.24, 2.45) is 0 Å². The van der Waals surface area contributed by atoms with Gasteiger partial charge in [0.15, 0.2) is 0 Å². The van der Waals surface area contributed by atoms with E-state index < -0.39 is 0 Å². The highest BCUT2D eigenvalue weighted by Crippen LogP contribution is 2.15. The Bertz CT molecular complexity index is 447. The number of benzene rings is 1. The zero-order chi connectivity index (χ0) is 14.4. The lowest BCUT2D eigenvalue weighted by atomic mass is 10.1. The first-order valence-corrected chi connectivity index (χ1v) is 7.37. The van der Waals surface area contributed by atoms with Crippen LogP contribution in [-0.2, 0) is 9.53 Å². The number of hydrogen-bond donors (Lipinski definition) is 1. The summed E-state index contributed by atoms with van der Waals surface area (Å²) >= 11 is 5.88. The van der Waals surface area contributed by atoms with E-state index in [4.69, 9.17) is 16.3 Å². The number of nitrogens with one attached hydrogen (secondary N) is 1. The fourth-order valence-electron chi connectivity index (χ4n) is 2.38. The minimum Gasteiger partial charge on any atom is -0.377 e. The lowest BCUT2D eigenvalue weighted by Crippen LogP contribution is -2.37. The van der Waals surface area contributed by atoms with Crippen LogP contribution in [0, 0.1) is 0 Å². The monoisotopic (exact) mass is 296 g/mol. The normalized spacial score (nSPS) is 19.1. The maximum atomic E-state index is 11.9. The number of carbonyl (C=O) groups is 1. The van der Waals surface area contributed by atoms with Gasteiger partial charge in [0.1, 0.15) is 0 Å². The Labute approximate surface area is 125 Å². The van der Waals surface area contributed by atoms with E-state index in [1.165, 1.54) is 6.42 Å². The second kappa shape index (κ2) is 7.62. The minimum atomic E-state index is -0.0365. The molecule has 2 rings (SSSR count). The van der Waals surface area contributed by atoms with Gasteiger partial charge < -0.3 is 10.1 Å². The molecule has 1 heterocycles. The molecule has 1 saturated heterocycles. The third kappa shape index (κ3) is 5.12. The first-order valence-electron chi connectivity index (χ1n) is 6.99. The molecule has 1 aromatic rings. The Morgan fingerprint density at radius 3 is 3.05 bits per heavy atom. The van der Waals surface area contributed by atoms with Crippen molar-refractivity contribution < 1.29 is 9.53 Å². The summed E-state index contributed by atoms with van der Waals surface area (Å²) in [7, 11) is 1.94. The third-order valence-corrected chi connectivity index (χ3v) is 3.55. The number of ether oxygens (including phenoxy) is 1. The maximum absolute atomic E-state index is 11.9. The smallest absolute Gasteiger partial charge is 0.238 e. The van der Waals surface area contributed by atoms with Gasteiger partial charge in [-0.3, -0.25) is 9.69 Å². The molecule has 1 aromatic carbocycles. The molecule has 20 heavy (non-hydrogen) atoms. The fourth-order valence-corrected chi connectivity index (χ4v) is 2.57. The molecule has 1 unspecified atom stereocenters. The number of hydrogen-bond acceptors (Lipinski definition) is 3. The minimum absolute atomic E-state index is 0.0365. The number of anilines is 1. The summed E-state index contributed by atoms with van der Waals surface area (Å²) in [6, 6.07) is 7.17. The van der Waals surface area contributed by atoms with Crippen LogP contribution in [0.25, 0.3) is 0 Å². The molecule has 0 radical (unpaired) electrons. The first kappa shape index (κ1) is 15.3. The van der Waals surface area contributed by atoms with E-state index in [1.54, 1.807) is 12.1 Å². The van der Waals surface area contributed by atoms with Crippen LogP contribution < -0.4 is 5.32 Å². The largest absolute Gasteiger partial charge is 0.377 e. The van der Waals surface area contributed by atoms with Crippen LogP contribution in [0.3, 0.4) is 0 Å². The summed E-state index contributed by atoms with van der Waals surface area (Å²) in [5, 5.41) is 3.46. The van der Waals surface area contributed by atoms with Crippen molar-refractivity contribution >= 4 is 23.2 Å². The van der Waals surface area contributed by atoms with Gasteiger partial charge in [-0.15, -0.1) is 0 Å². The standard InChI is InChI=1S/C15H21ClN2O2/c1-18(10-14-7-2-3-8-20-14)11-15(19)17-13-6-4-5-12(16)9-13/h4-6,9,14H,2-3,7-8,10-11H2,1H3,(H,17,19). The molecular formula is C15H21ClN2O2. The topological polar surface area (TPSA) is 41.6 Å². The quantitative estimate of drug-likeness (QED) is 0.908. The number of likely N-dealkylation sites (N-methyl/N-ethyl adjacent to an activating group) is 1. The number of rotatable bonds is 5. The van der Waals surface area contributed by atoms with Crippen molar-refractivity contribution in [1.29, 1.82) is 0 Å². The molecular weight excluding hydrogens is 276 g/mol. The molecule has 0 bridgehead atoms. The zero-order valence-electron chi connectivity index (χ0n) is 11.8. The molecule has 1 N–H and O–H groups in total. The third-order valence-electron chi connectivity index (χ3n) is 3.31. The van der Waals surface area contributed by atoms with Crippen molar-refractivity contribution in [3.05, 3.63) is 29.3 Å². The number of halogens is 1. The van der Waals surface area contributed by atoms with Crippen molar-refractivity contribution in [1.82, 2.24) is 4.90 Å². The predicted octanol–water partition coefficient (Wildman–Crippen LogP) is 2.78. The number of amides is 1. The van der Waals surface area contributed by atoms with Crippen LogP contribution >= 0.6 is 11.6 Å². The van der Waals surface area contributed by atoms with Gasteiger partial charge in [-0.25, -0.2) is 0 Å². The van der Waals surface area contributed by atoms with E-state index >= 15 is 0 Å².